The molecule has 1 aliphatic rings. The van der Waals surface area contributed by atoms with E-state index in [1.165, 1.54) is 0 Å². The summed E-state index contributed by atoms with van der Waals surface area (Å²) in [6.07, 6.45) is 3.92. The van der Waals surface area contributed by atoms with Crippen LogP contribution in [-0.4, -0.2) is 9.97 Å². The fourth-order valence-electron chi connectivity index (χ4n) is 3.32. The first-order valence-corrected chi connectivity index (χ1v) is 9.98. The second-order valence-corrected chi connectivity index (χ2v) is 7.93. The predicted molar refractivity (Wildman–Crippen MR) is 112 cm³/mol. The number of hydrazine groups is 1. The molecule has 1 fully saturated rings. The Morgan fingerprint density at radius 3 is 2.63 bits per heavy atom. The van der Waals surface area contributed by atoms with Gasteiger partial charge in [0.15, 0.2) is 0 Å². The molecule has 5 N–H and O–H groups in total. The number of thiophene rings is 1. The fraction of sp³-hybridized carbons (Fsp3) is 0.300. The maximum atomic E-state index is 6.35. The van der Waals surface area contributed by atoms with Crippen molar-refractivity contribution in [1.82, 2.24) is 9.97 Å². The zero-order valence-corrected chi connectivity index (χ0v) is 16.3. The molecule has 6 nitrogen and oxygen atoms in total. The number of rotatable bonds is 6. The van der Waals surface area contributed by atoms with Crippen LogP contribution in [0.3, 0.4) is 0 Å². The van der Waals surface area contributed by atoms with Gasteiger partial charge in [0.2, 0.25) is 0 Å². The third-order valence-corrected chi connectivity index (χ3v) is 5.73. The van der Waals surface area contributed by atoms with Crippen molar-refractivity contribution in [2.75, 3.05) is 10.3 Å². The van der Waals surface area contributed by atoms with E-state index in [1.54, 1.807) is 22.7 Å². The molecule has 0 amide bonds. The largest absolute Gasteiger partial charge is 0.401 e. The van der Waals surface area contributed by atoms with Crippen molar-refractivity contribution >= 4 is 33.1 Å². The highest BCUT2D eigenvalue weighted by molar-refractivity contribution is 7.16. The van der Waals surface area contributed by atoms with Gasteiger partial charge in [0.1, 0.15) is 17.0 Å². The second kappa shape index (κ2) is 7.17. The number of hydrogen-bond acceptors (Lipinski definition) is 7. The SMILES string of the molecule is C/C(N)=C(\C1CC1)N(N)c1ccc(C(C)Nc2ncnc3sccc23)cc1. The Morgan fingerprint density at radius 2 is 1.96 bits per heavy atom. The van der Waals surface area contributed by atoms with Crippen LogP contribution in [0, 0.1) is 5.92 Å². The van der Waals surface area contributed by atoms with Gasteiger partial charge in [0.05, 0.1) is 16.8 Å². The second-order valence-electron chi connectivity index (χ2n) is 7.03. The Kier molecular flexibility index (Phi) is 4.72. The highest BCUT2D eigenvalue weighted by Crippen LogP contribution is 2.39. The van der Waals surface area contributed by atoms with E-state index in [2.05, 4.69) is 34.3 Å². The Bertz CT molecular complexity index is 970. The van der Waals surface area contributed by atoms with Crippen LogP contribution in [0.25, 0.3) is 10.2 Å². The van der Waals surface area contributed by atoms with Crippen LogP contribution in [0.4, 0.5) is 11.5 Å². The van der Waals surface area contributed by atoms with Crippen molar-refractivity contribution in [2.24, 2.45) is 17.5 Å². The van der Waals surface area contributed by atoms with Gasteiger partial charge in [-0.05, 0) is 55.8 Å². The van der Waals surface area contributed by atoms with E-state index in [9.17, 15) is 0 Å². The summed E-state index contributed by atoms with van der Waals surface area (Å²) in [6.45, 7) is 4.04. The van der Waals surface area contributed by atoms with E-state index in [0.717, 1.165) is 51.5 Å². The quantitative estimate of drug-likeness (QED) is 0.439. The van der Waals surface area contributed by atoms with Crippen LogP contribution in [0.1, 0.15) is 38.3 Å². The Labute approximate surface area is 162 Å². The van der Waals surface area contributed by atoms with Gasteiger partial charge in [0.25, 0.3) is 0 Å². The minimum Gasteiger partial charge on any atom is -0.401 e. The summed E-state index contributed by atoms with van der Waals surface area (Å²) < 4.78 is 0. The maximum Gasteiger partial charge on any atom is 0.138 e. The molecule has 140 valence electrons. The van der Waals surface area contributed by atoms with Crippen molar-refractivity contribution in [3.8, 4) is 0 Å². The van der Waals surface area contributed by atoms with Crippen LogP contribution >= 0.6 is 11.3 Å². The molecule has 1 atom stereocenters. The molecule has 4 rings (SSSR count). The molecule has 1 aromatic carbocycles. The molecule has 1 aliphatic carbocycles. The lowest BCUT2D eigenvalue weighted by Gasteiger charge is -2.24. The monoisotopic (exact) mass is 380 g/mol. The molecule has 2 aromatic heterocycles. The average molecular weight is 381 g/mol. The van der Waals surface area contributed by atoms with Gasteiger partial charge in [-0.15, -0.1) is 11.3 Å². The number of nitrogens with zero attached hydrogens (tertiary/aromatic N) is 3. The third-order valence-electron chi connectivity index (χ3n) is 4.91. The minimum absolute atomic E-state index is 0.109. The predicted octanol–water partition coefficient (Wildman–Crippen LogP) is 4.14. The van der Waals surface area contributed by atoms with Crippen LogP contribution in [-0.2, 0) is 0 Å². The molecule has 3 aromatic rings. The fourth-order valence-corrected chi connectivity index (χ4v) is 4.05. The van der Waals surface area contributed by atoms with E-state index in [1.807, 2.05) is 30.5 Å². The Balaban J connectivity index is 1.51. The lowest BCUT2D eigenvalue weighted by Crippen LogP contribution is -2.33. The normalized spacial score (nSPS) is 16.1. The van der Waals surface area contributed by atoms with Crippen molar-refractivity contribution < 1.29 is 0 Å². The van der Waals surface area contributed by atoms with Crippen molar-refractivity contribution in [3.63, 3.8) is 0 Å². The molecule has 0 aliphatic heterocycles. The van der Waals surface area contributed by atoms with Gasteiger partial charge in [-0.3, -0.25) is 5.01 Å². The van der Waals surface area contributed by atoms with E-state index in [4.69, 9.17) is 11.6 Å². The highest BCUT2D eigenvalue weighted by Gasteiger charge is 2.30. The topological polar surface area (TPSA) is 93.1 Å². The number of benzene rings is 1. The van der Waals surface area contributed by atoms with Gasteiger partial charge in [0, 0.05) is 17.7 Å². The van der Waals surface area contributed by atoms with Crippen LogP contribution < -0.4 is 21.9 Å². The van der Waals surface area contributed by atoms with Crippen LogP contribution in [0.5, 0.6) is 0 Å². The summed E-state index contributed by atoms with van der Waals surface area (Å²) in [5, 5.41) is 8.30. The van der Waals surface area contributed by atoms with Crippen molar-refractivity contribution in [3.05, 3.63) is 59.0 Å². The molecular weight excluding hydrogens is 356 g/mol. The zero-order chi connectivity index (χ0) is 19.0. The van der Waals surface area contributed by atoms with Gasteiger partial charge in [-0.1, -0.05) is 12.1 Å². The Hall–Kier alpha value is -2.64. The van der Waals surface area contributed by atoms with Crippen LogP contribution in [0.15, 0.2) is 53.4 Å². The summed E-state index contributed by atoms with van der Waals surface area (Å²) in [5.41, 5.74) is 9.99. The summed E-state index contributed by atoms with van der Waals surface area (Å²) in [7, 11) is 0. The van der Waals surface area contributed by atoms with E-state index in [-0.39, 0.29) is 6.04 Å². The zero-order valence-electron chi connectivity index (χ0n) is 15.5. The average Bonchev–Trinajstić information content (AvgIpc) is 3.36. The molecule has 2 heterocycles. The number of allylic oxidation sites excluding steroid dienone is 2. The highest BCUT2D eigenvalue weighted by atomic mass is 32.1. The van der Waals surface area contributed by atoms with E-state index in [0.29, 0.717) is 5.92 Å². The number of anilines is 2. The van der Waals surface area contributed by atoms with E-state index >= 15 is 0 Å². The molecule has 27 heavy (non-hydrogen) atoms. The molecule has 0 bridgehead atoms. The molecule has 0 spiro atoms. The summed E-state index contributed by atoms with van der Waals surface area (Å²) in [6, 6.07) is 10.4. The third kappa shape index (κ3) is 3.61. The number of nitrogens with one attached hydrogen (secondary N) is 1. The summed E-state index contributed by atoms with van der Waals surface area (Å²) in [5.74, 6) is 7.69. The number of aromatic nitrogens is 2. The molecule has 0 saturated heterocycles. The first-order valence-electron chi connectivity index (χ1n) is 9.10. The smallest absolute Gasteiger partial charge is 0.138 e. The van der Waals surface area contributed by atoms with Gasteiger partial charge >= 0.3 is 0 Å². The summed E-state index contributed by atoms with van der Waals surface area (Å²) in [4.78, 5) is 9.68. The lowest BCUT2D eigenvalue weighted by molar-refractivity contribution is 0.838. The van der Waals surface area contributed by atoms with Gasteiger partial charge in [-0.2, -0.15) is 0 Å². The lowest BCUT2D eigenvalue weighted by atomic mass is 10.1. The van der Waals surface area contributed by atoms with Gasteiger partial charge < -0.3 is 11.1 Å². The van der Waals surface area contributed by atoms with Crippen LogP contribution in [0.2, 0.25) is 0 Å². The van der Waals surface area contributed by atoms with Crippen molar-refractivity contribution in [2.45, 2.75) is 32.7 Å². The molecular formula is C20H24N6S. The number of nitrogens with two attached hydrogens (primary N) is 2. The first-order chi connectivity index (χ1) is 13.0. The van der Waals surface area contributed by atoms with Crippen molar-refractivity contribution in [1.29, 1.82) is 0 Å². The molecule has 1 unspecified atom stereocenters. The Morgan fingerprint density at radius 1 is 1.22 bits per heavy atom. The first kappa shape index (κ1) is 17.8. The molecule has 0 radical (unpaired) electrons. The molecule has 1 saturated carbocycles. The summed E-state index contributed by atoms with van der Waals surface area (Å²) >= 11 is 1.62. The van der Waals surface area contributed by atoms with Gasteiger partial charge in [-0.25, -0.2) is 15.8 Å². The minimum atomic E-state index is 0.109. The number of fused-ring (bicyclic) bond motifs is 1. The number of hydrogen-bond donors (Lipinski definition) is 3. The standard InChI is InChI=1S/C20H24N6S/c1-12(21)18(15-3-4-15)26(22)16-7-5-14(6-8-16)13(2)25-19-17-9-10-27-20(17)24-11-23-19/h5-11,13,15H,3-4,21-22H2,1-2H3,(H,23,24,25)/b18-12-. The maximum absolute atomic E-state index is 6.35. The van der Waals surface area contributed by atoms with E-state index < -0.39 is 0 Å². The molecule has 7 heteroatoms.